The first-order valence-electron chi connectivity index (χ1n) is 4.76. The molecule has 1 aromatic heterocycles. The van der Waals surface area contributed by atoms with Crippen molar-refractivity contribution in [1.82, 2.24) is 9.97 Å². The van der Waals surface area contributed by atoms with Crippen molar-refractivity contribution in [2.24, 2.45) is 5.92 Å². The van der Waals surface area contributed by atoms with Crippen molar-refractivity contribution in [1.29, 1.82) is 0 Å². The summed E-state index contributed by atoms with van der Waals surface area (Å²) < 4.78 is 13.1. The summed E-state index contributed by atoms with van der Waals surface area (Å²) >= 11 is 0. The van der Waals surface area contributed by atoms with E-state index in [1.165, 1.54) is 0 Å². The van der Waals surface area contributed by atoms with Crippen molar-refractivity contribution in [3.8, 4) is 0 Å². The zero-order valence-electron chi connectivity index (χ0n) is 8.57. The van der Waals surface area contributed by atoms with Gasteiger partial charge in [0.15, 0.2) is 11.6 Å². The summed E-state index contributed by atoms with van der Waals surface area (Å²) in [5, 5.41) is 11.5. The van der Waals surface area contributed by atoms with Gasteiger partial charge in [-0.2, -0.15) is 4.98 Å². The topological polar surface area (TPSA) is 84.1 Å². The van der Waals surface area contributed by atoms with E-state index in [-0.39, 0.29) is 24.3 Å². The number of hydrogen-bond donors (Lipinski definition) is 3. The lowest BCUT2D eigenvalue weighted by Crippen LogP contribution is -2.15. The number of halogens is 1. The maximum Gasteiger partial charge on any atom is 0.222 e. The Balaban J connectivity index is 2.53. The standard InChI is InChI=1S/C9H15FN4O/c1-6(2-3-15)4-12-8-7(10)5-13-9(11)14-8/h5-6,15H,2-4H2,1H3,(H3,11,12,13,14). The second-order valence-corrected chi connectivity index (χ2v) is 3.42. The van der Waals surface area contributed by atoms with Crippen molar-refractivity contribution in [3.05, 3.63) is 12.0 Å². The summed E-state index contributed by atoms with van der Waals surface area (Å²) in [7, 11) is 0. The molecule has 4 N–H and O–H groups in total. The van der Waals surface area contributed by atoms with Gasteiger partial charge < -0.3 is 16.2 Å². The molecular weight excluding hydrogens is 199 g/mol. The van der Waals surface area contributed by atoms with Gasteiger partial charge in [0, 0.05) is 13.2 Å². The van der Waals surface area contributed by atoms with Gasteiger partial charge in [-0.05, 0) is 12.3 Å². The number of hydrogen-bond acceptors (Lipinski definition) is 5. The molecule has 15 heavy (non-hydrogen) atoms. The van der Waals surface area contributed by atoms with Crippen LogP contribution >= 0.6 is 0 Å². The fourth-order valence-corrected chi connectivity index (χ4v) is 1.10. The second kappa shape index (κ2) is 5.45. The monoisotopic (exact) mass is 214 g/mol. The average molecular weight is 214 g/mol. The maximum atomic E-state index is 13.1. The zero-order chi connectivity index (χ0) is 11.3. The van der Waals surface area contributed by atoms with Crippen LogP contribution in [-0.2, 0) is 0 Å². The van der Waals surface area contributed by atoms with E-state index in [9.17, 15) is 4.39 Å². The first-order valence-corrected chi connectivity index (χ1v) is 4.76. The molecule has 84 valence electrons. The molecule has 6 heteroatoms. The quantitative estimate of drug-likeness (QED) is 0.669. The van der Waals surface area contributed by atoms with Gasteiger partial charge in [-0.15, -0.1) is 0 Å². The third kappa shape index (κ3) is 3.67. The van der Waals surface area contributed by atoms with Crippen LogP contribution in [0.3, 0.4) is 0 Å². The molecule has 1 unspecified atom stereocenters. The highest BCUT2D eigenvalue weighted by Crippen LogP contribution is 2.11. The number of nitrogens with zero attached hydrogens (tertiary/aromatic N) is 2. The number of aromatic nitrogens is 2. The minimum atomic E-state index is -0.527. The molecule has 1 heterocycles. The summed E-state index contributed by atoms with van der Waals surface area (Å²) in [5.74, 6) is -0.146. The molecule has 0 amide bonds. The smallest absolute Gasteiger partial charge is 0.222 e. The SMILES string of the molecule is CC(CCO)CNc1nc(N)ncc1F. The van der Waals surface area contributed by atoms with E-state index >= 15 is 0 Å². The van der Waals surface area contributed by atoms with E-state index in [1.54, 1.807) is 0 Å². The molecular formula is C9H15FN4O. The van der Waals surface area contributed by atoms with E-state index < -0.39 is 5.82 Å². The molecule has 1 atom stereocenters. The third-order valence-electron chi connectivity index (χ3n) is 2.00. The fourth-order valence-electron chi connectivity index (χ4n) is 1.10. The Kier molecular flexibility index (Phi) is 4.23. The maximum absolute atomic E-state index is 13.1. The van der Waals surface area contributed by atoms with Crippen molar-refractivity contribution < 1.29 is 9.50 Å². The molecule has 0 radical (unpaired) electrons. The van der Waals surface area contributed by atoms with Gasteiger partial charge in [0.25, 0.3) is 0 Å². The summed E-state index contributed by atoms with van der Waals surface area (Å²) in [6.07, 6.45) is 1.69. The minimum absolute atomic E-state index is 0.0358. The van der Waals surface area contributed by atoms with E-state index in [0.29, 0.717) is 13.0 Å². The van der Waals surface area contributed by atoms with Gasteiger partial charge in [-0.3, -0.25) is 0 Å². The van der Waals surface area contributed by atoms with E-state index in [1.807, 2.05) is 6.92 Å². The van der Waals surface area contributed by atoms with Gasteiger partial charge in [-0.1, -0.05) is 6.92 Å². The number of aliphatic hydroxyl groups is 1. The summed E-state index contributed by atoms with van der Waals surface area (Å²) in [4.78, 5) is 7.24. The Morgan fingerprint density at radius 2 is 2.40 bits per heavy atom. The highest BCUT2D eigenvalue weighted by molar-refractivity contribution is 5.38. The number of nitrogens with two attached hydrogens (primary N) is 1. The third-order valence-corrected chi connectivity index (χ3v) is 2.00. The van der Waals surface area contributed by atoms with Crippen LogP contribution in [0.4, 0.5) is 16.2 Å². The lowest BCUT2D eigenvalue weighted by molar-refractivity contribution is 0.265. The van der Waals surface area contributed by atoms with Crippen LogP contribution in [0.25, 0.3) is 0 Å². The Morgan fingerprint density at radius 1 is 1.67 bits per heavy atom. The molecule has 0 aliphatic rings. The fraction of sp³-hybridized carbons (Fsp3) is 0.556. The van der Waals surface area contributed by atoms with E-state index in [2.05, 4.69) is 15.3 Å². The van der Waals surface area contributed by atoms with Crippen molar-refractivity contribution >= 4 is 11.8 Å². The molecule has 5 nitrogen and oxygen atoms in total. The normalized spacial score (nSPS) is 12.5. The molecule has 0 aliphatic heterocycles. The Morgan fingerprint density at radius 3 is 3.07 bits per heavy atom. The van der Waals surface area contributed by atoms with Gasteiger partial charge in [0.2, 0.25) is 5.95 Å². The first kappa shape index (κ1) is 11.6. The highest BCUT2D eigenvalue weighted by atomic mass is 19.1. The van der Waals surface area contributed by atoms with Gasteiger partial charge in [0.1, 0.15) is 0 Å². The number of nitrogen functional groups attached to an aromatic ring is 1. The lowest BCUT2D eigenvalue weighted by Gasteiger charge is -2.11. The molecule has 0 aliphatic carbocycles. The molecule has 0 saturated heterocycles. The zero-order valence-corrected chi connectivity index (χ0v) is 8.57. The largest absolute Gasteiger partial charge is 0.396 e. The van der Waals surface area contributed by atoms with Crippen LogP contribution in [0.1, 0.15) is 13.3 Å². The number of rotatable bonds is 5. The van der Waals surface area contributed by atoms with Crippen LogP contribution in [0.2, 0.25) is 0 Å². The van der Waals surface area contributed by atoms with Gasteiger partial charge in [-0.25, -0.2) is 9.37 Å². The molecule has 0 saturated carbocycles. The van der Waals surface area contributed by atoms with E-state index in [0.717, 1.165) is 6.20 Å². The Labute approximate surface area is 87.5 Å². The lowest BCUT2D eigenvalue weighted by atomic mass is 10.1. The number of anilines is 2. The van der Waals surface area contributed by atoms with Crippen molar-refractivity contribution in [2.45, 2.75) is 13.3 Å². The van der Waals surface area contributed by atoms with Gasteiger partial charge >= 0.3 is 0 Å². The van der Waals surface area contributed by atoms with Crippen LogP contribution in [0, 0.1) is 11.7 Å². The summed E-state index contributed by atoms with van der Waals surface area (Å²) in [6.45, 7) is 2.61. The van der Waals surface area contributed by atoms with Crippen LogP contribution < -0.4 is 11.1 Å². The second-order valence-electron chi connectivity index (χ2n) is 3.42. The molecule has 1 rings (SSSR count). The number of aliphatic hydroxyl groups excluding tert-OH is 1. The van der Waals surface area contributed by atoms with Gasteiger partial charge in [0.05, 0.1) is 6.20 Å². The van der Waals surface area contributed by atoms with Crippen LogP contribution in [0.5, 0.6) is 0 Å². The first-order chi connectivity index (χ1) is 7.13. The molecule has 0 spiro atoms. The predicted octanol–water partition coefficient (Wildman–Crippen LogP) is 0.628. The summed E-state index contributed by atoms with van der Waals surface area (Å²) in [5.41, 5.74) is 5.32. The Bertz CT molecular complexity index is 321. The molecule has 0 aromatic carbocycles. The molecule has 0 bridgehead atoms. The number of nitrogens with one attached hydrogen (secondary N) is 1. The van der Waals surface area contributed by atoms with Crippen LogP contribution in [-0.4, -0.2) is 28.2 Å². The minimum Gasteiger partial charge on any atom is -0.396 e. The Hall–Kier alpha value is -1.43. The highest BCUT2D eigenvalue weighted by Gasteiger charge is 2.06. The van der Waals surface area contributed by atoms with E-state index in [4.69, 9.17) is 10.8 Å². The molecule has 0 fully saturated rings. The average Bonchev–Trinajstić information content (AvgIpc) is 2.20. The van der Waals surface area contributed by atoms with Crippen molar-refractivity contribution in [2.75, 3.05) is 24.2 Å². The summed E-state index contributed by atoms with van der Waals surface area (Å²) in [6, 6.07) is 0. The van der Waals surface area contributed by atoms with Crippen molar-refractivity contribution in [3.63, 3.8) is 0 Å². The predicted molar refractivity (Wildman–Crippen MR) is 55.8 cm³/mol. The van der Waals surface area contributed by atoms with Crippen LogP contribution in [0.15, 0.2) is 6.20 Å². The molecule has 1 aromatic rings.